The molecule has 0 atom stereocenters. The highest BCUT2D eigenvalue weighted by atomic mass is 35.5. The summed E-state index contributed by atoms with van der Waals surface area (Å²) in [5.41, 5.74) is -1.25. The molecule has 0 aliphatic heterocycles. The van der Waals surface area contributed by atoms with Crippen LogP contribution in [-0.4, -0.2) is 18.6 Å². The lowest BCUT2D eigenvalue weighted by Crippen LogP contribution is -2.18. The van der Waals surface area contributed by atoms with Crippen LogP contribution in [0, 0.1) is 0 Å². The van der Waals surface area contributed by atoms with Gasteiger partial charge in [0.15, 0.2) is 0 Å². The first-order valence-electron chi connectivity index (χ1n) is 5.11. The molecule has 0 saturated heterocycles. The maximum atomic E-state index is 12.6. The van der Waals surface area contributed by atoms with Crippen LogP contribution < -0.4 is 5.32 Å². The van der Waals surface area contributed by atoms with E-state index in [0.29, 0.717) is 12.3 Å². The molecular formula is C11H11ClF3NO2. The van der Waals surface area contributed by atoms with Gasteiger partial charge < -0.3 is 4.74 Å². The van der Waals surface area contributed by atoms with Gasteiger partial charge in [0.25, 0.3) is 0 Å². The number of hydrogen-bond acceptors (Lipinski definition) is 2. The van der Waals surface area contributed by atoms with E-state index in [0.717, 1.165) is 12.1 Å². The molecule has 0 radical (unpaired) electrons. The number of carbonyl (C=O) groups excluding carboxylic acids is 1. The van der Waals surface area contributed by atoms with Gasteiger partial charge in [0, 0.05) is 5.88 Å². The average Bonchev–Trinajstić information content (AvgIpc) is 2.28. The molecule has 0 bridgehead atoms. The molecular weight excluding hydrogens is 271 g/mol. The SMILES string of the molecule is O=C(Nc1ccccc1C(F)(F)F)OCCCCl. The smallest absolute Gasteiger partial charge is 0.418 e. The fourth-order valence-corrected chi connectivity index (χ4v) is 1.31. The molecule has 0 saturated carbocycles. The number of hydrogen-bond donors (Lipinski definition) is 1. The predicted molar refractivity (Wildman–Crippen MR) is 61.8 cm³/mol. The number of para-hydroxylation sites is 1. The molecule has 3 nitrogen and oxygen atoms in total. The Morgan fingerprint density at radius 3 is 2.61 bits per heavy atom. The molecule has 0 unspecified atom stereocenters. The molecule has 0 fully saturated rings. The van der Waals surface area contributed by atoms with Gasteiger partial charge in [-0.2, -0.15) is 13.2 Å². The fraction of sp³-hybridized carbons (Fsp3) is 0.364. The second-order valence-corrected chi connectivity index (χ2v) is 3.72. The van der Waals surface area contributed by atoms with Crippen molar-refractivity contribution in [2.24, 2.45) is 0 Å². The first kappa shape index (κ1) is 14.6. The molecule has 7 heteroatoms. The summed E-state index contributed by atoms with van der Waals surface area (Å²) in [7, 11) is 0. The van der Waals surface area contributed by atoms with Gasteiger partial charge in [0.1, 0.15) is 0 Å². The molecule has 1 amide bonds. The van der Waals surface area contributed by atoms with E-state index in [1.807, 2.05) is 0 Å². The molecule has 0 aliphatic rings. The topological polar surface area (TPSA) is 38.3 Å². The van der Waals surface area contributed by atoms with Crippen LogP contribution in [0.4, 0.5) is 23.7 Å². The molecule has 0 spiro atoms. The Balaban J connectivity index is 2.70. The van der Waals surface area contributed by atoms with Crippen LogP contribution in [0.5, 0.6) is 0 Å². The number of ether oxygens (including phenoxy) is 1. The third-order valence-corrected chi connectivity index (χ3v) is 2.25. The van der Waals surface area contributed by atoms with E-state index in [1.54, 1.807) is 0 Å². The third kappa shape index (κ3) is 4.44. The van der Waals surface area contributed by atoms with Crippen molar-refractivity contribution < 1.29 is 22.7 Å². The van der Waals surface area contributed by atoms with Gasteiger partial charge in [-0.05, 0) is 18.6 Å². The minimum Gasteiger partial charge on any atom is -0.449 e. The third-order valence-electron chi connectivity index (χ3n) is 1.98. The van der Waals surface area contributed by atoms with Crippen molar-refractivity contribution in [3.05, 3.63) is 29.8 Å². The molecule has 0 heterocycles. The summed E-state index contributed by atoms with van der Waals surface area (Å²) >= 11 is 5.37. The van der Waals surface area contributed by atoms with Crippen molar-refractivity contribution in [3.63, 3.8) is 0 Å². The predicted octanol–water partition coefficient (Wildman–Crippen LogP) is 3.88. The number of carbonyl (C=O) groups is 1. The highest BCUT2D eigenvalue weighted by molar-refractivity contribution is 6.17. The number of alkyl halides is 4. The largest absolute Gasteiger partial charge is 0.449 e. The molecule has 100 valence electrons. The molecule has 1 rings (SSSR count). The summed E-state index contributed by atoms with van der Waals surface area (Å²) < 4.78 is 42.4. The van der Waals surface area contributed by atoms with E-state index < -0.39 is 17.8 Å². The Kier molecular flexibility index (Phi) is 5.27. The summed E-state index contributed by atoms with van der Waals surface area (Å²) in [5.74, 6) is 0.312. The van der Waals surface area contributed by atoms with Gasteiger partial charge in [-0.25, -0.2) is 4.79 Å². The van der Waals surface area contributed by atoms with Crippen LogP contribution in [0.3, 0.4) is 0 Å². The summed E-state index contributed by atoms with van der Waals surface area (Å²) in [6.07, 6.45) is -5.02. The van der Waals surface area contributed by atoms with Crippen LogP contribution in [0.15, 0.2) is 24.3 Å². The maximum Gasteiger partial charge on any atom is 0.418 e. The van der Waals surface area contributed by atoms with Crippen molar-refractivity contribution in [2.45, 2.75) is 12.6 Å². The second kappa shape index (κ2) is 6.49. The van der Waals surface area contributed by atoms with Crippen LogP contribution in [0.1, 0.15) is 12.0 Å². The van der Waals surface area contributed by atoms with Gasteiger partial charge in [-0.3, -0.25) is 5.32 Å². The van der Waals surface area contributed by atoms with Crippen LogP contribution in [0.2, 0.25) is 0 Å². The van der Waals surface area contributed by atoms with Gasteiger partial charge >= 0.3 is 12.3 Å². The van der Waals surface area contributed by atoms with Gasteiger partial charge in [-0.15, -0.1) is 11.6 Å². The van der Waals surface area contributed by atoms with E-state index in [4.69, 9.17) is 11.6 Å². The van der Waals surface area contributed by atoms with Crippen LogP contribution in [-0.2, 0) is 10.9 Å². The van der Waals surface area contributed by atoms with Gasteiger partial charge in [0.05, 0.1) is 17.9 Å². The zero-order valence-electron chi connectivity index (χ0n) is 9.26. The lowest BCUT2D eigenvalue weighted by Gasteiger charge is -2.13. The summed E-state index contributed by atoms with van der Waals surface area (Å²) in [6.45, 7) is 0.0590. The summed E-state index contributed by atoms with van der Waals surface area (Å²) in [4.78, 5) is 11.2. The highest BCUT2D eigenvalue weighted by Gasteiger charge is 2.33. The minimum absolute atomic E-state index is 0.0590. The first-order chi connectivity index (χ1) is 8.45. The number of nitrogens with one attached hydrogen (secondary N) is 1. The van der Waals surface area contributed by atoms with Crippen molar-refractivity contribution in [1.82, 2.24) is 0 Å². The molecule has 0 aliphatic carbocycles. The molecule has 1 aromatic carbocycles. The Labute approximate surface area is 107 Å². The van der Waals surface area contributed by atoms with Crippen molar-refractivity contribution in [2.75, 3.05) is 17.8 Å². The van der Waals surface area contributed by atoms with Crippen LogP contribution in [0.25, 0.3) is 0 Å². The standard InChI is InChI=1S/C11H11ClF3NO2/c12-6-3-7-18-10(17)16-9-5-2-1-4-8(9)11(13,14)15/h1-2,4-5H,3,6-7H2,(H,16,17). The lowest BCUT2D eigenvalue weighted by molar-refractivity contribution is -0.136. The average molecular weight is 282 g/mol. The molecule has 0 aromatic heterocycles. The number of anilines is 1. The Morgan fingerprint density at radius 2 is 2.00 bits per heavy atom. The van der Waals surface area contributed by atoms with E-state index in [9.17, 15) is 18.0 Å². The number of rotatable bonds is 4. The Hall–Kier alpha value is -1.43. The monoisotopic (exact) mass is 281 g/mol. The highest BCUT2D eigenvalue weighted by Crippen LogP contribution is 2.34. The van der Waals surface area contributed by atoms with Crippen LogP contribution >= 0.6 is 11.6 Å². The van der Waals surface area contributed by atoms with E-state index in [-0.39, 0.29) is 12.3 Å². The van der Waals surface area contributed by atoms with E-state index in [1.165, 1.54) is 12.1 Å². The summed E-state index contributed by atoms with van der Waals surface area (Å²) in [6, 6.07) is 4.68. The van der Waals surface area contributed by atoms with Gasteiger partial charge in [0.2, 0.25) is 0 Å². The molecule has 1 N–H and O–H groups in total. The quantitative estimate of drug-likeness (QED) is 0.672. The zero-order valence-corrected chi connectivity index (χ0v) is 10.0. The number of halogens is 4. The minimum atomic E-state index is -4.53. The number of benzene rings is 1. The lowest BCUT2D eigenvalue weighted by atomic mass is 10.2. The fourth-order valence-electron chi connectivity index (χ4n) is 1.20. The molecule has 18 heavy (non-hydrogen) atoms. The maximum absolute atomic E-state index is 12.6. The van der Waals surface area contributed by atoms with Crippen molar-refractivity contribution in [1.29, 1.82) is 0 Å². The summed E-state index contributed by atoms with van der Waals surface area (Å²) in [5, 5.41) is 2.05. The van der Waals surface area contributed by atoms with Gasteiger partial charge in [-0.1, -0.05) is 12.1 Å². The molecule has 1 aromatic rings. The van der Waals surface area contributed by atoms with Crippen molar-refractivity contribution in [3.8, 4) is 0 Å². The normalized spacial score (nSPS) is 11.1. The zero-order chi connectivity index (χ0) is 13.6. The Morgan fingerprint density at radius 1 is 1.33 bits per heavy atom. The van der Waals surface area contributed by atoms with Crippen molar-refractivity contribution >= 4 is 23.4 Å². The van der Waals surface area contributed by atoms with E-state index in [2.05, 4.69) is 10.1 Å². The first-order valence-corrected chi connectivity index (χ1v) is 5.64. The Bertz CT molecular complexity index is 410. The number of amides is 1. The van der Waals surface area contributed by atoms with E-state index >= 15 is 0 Å². The second-order valence-electron chi connectivity index (χ2n) is 3.35.